The lowest BCUT2D eigenvalue weighted by Crippen LogP contribution is -1.85. The van der Waals surface area contributed by atoms with E-state index in [0.29, 0.717) is 5.69 Å². The normalized spacial score (nSPS) is 10.0. The number of nitrogens with one attached hydrogen (secondary N) is 1. The maximum Gasteiger partial charge on any atom is 0.0811 e. The molecule has 0 aliphatic carbocycles. The fraction of sp³-hybridized carbons (Fsp3) is 0. The van der Waals surface area contributed by atoms with E-state index in [4.69, 9.17) is 5.41 Å². The Hall–Kier alpha value is -1.70. The smallest absolute Gasteiger partial charge is 0.0811 e. The van der Waals surface area contributed by atoms with Crippen LogP contribution in [0.1, 0.15) is 5.69 Å². The van der Waals surface area contributed by atoms with Crippen LogP contribution in [0.15, 0.2) is 36.5 Å². The molecule has 2 aromatic rings. The third-order valence-electron chi connectivity index (χ3n) is 1.80. The van der Waals surface area contributed by atoms with Crippen molar-refractivity contribution in [2.24, 2.45) is 0 Å². The SMILES string of the molecule is N=Cc1cc2ccccc2cn1. The summed E-state index contributed by atoms with van der Waals surface area (Å²) >= 11 is 0. The summed E-state index contributed by atoms with van der Waals surface area (Å²) in [5, 5.41) is 9.28. The monoisotopic (exact) mass is 156 g/mol. The van der Waals surface area contributed by atoms with Crippen LogP contribution in [0.3, 0.4) is 0 Å². The van der Waals surface area contributed by atoms with Gasteiger partial charge < -0.3 is 5.41 Å². The zero-order valence-electron chi connectivity index (χ0n) is 6.49. The van der Waals surface area contributed by atoms with Crippen molar-refractivity contribution in [1.29, 1.82) is 5.41 Å². The zero-order valence-corrected chi connectivity index (χ0v) is 6.49. The van der Waals surface area contributed by atoms with Crippen molar-refractivity contribution in [2.45, 2.75) is 0 Å². The van der Waals surface area contributed by atoms with Crippen LogP contribution in [0, 0.1) is 5.41 Å². The van der Waals surface area contributed by atoms with E-state index in [1.165, 1.54) is 6.21 Å². The summed E-state index contributed by atoms with van der Waals surface area (Å²) in [4.78, 5) is 4.08. The summed E-state index contributed by atoms with van der Waals surface area (Å²) < 4.78 is 0. The van der Waals surface area contributed by atoms with Gasteiger partial charge in [-0.1, -0.05) is 24.3 Å². The number of rotatable bonds is 1. The van der Waals surface area contributed by atoms with Gasteiger partial charge in [-0.3, -0.25) is 4.98 Å². The Morgan fingerprint density at radius 2 is 1.92 bits per heavy atom. The van der Waals surface area contributed by atoms with Gasteiger partial charge in [0, 0.05) is 17.8 Å². The molecule has 0 fully saturated rings. The van der Waals surface area contributed by atoms with Crippen molar-refractivity contribution >= 4 is 17.0 Å². The van der Waals surface area contributed by atoms with Crippen molar-refractivity contribution in [3.05, 3.63) is 42.2 Å². The van der Waals surface area contributed by atoms with Crippen LogP contribution in [-0.4, -0.2) is 11.2 Å². The van der Waals surface area contributed by atoms with E-state index in [1.807, 2.05) is 30.3 Å². The van der Waals surface area contributed by atoms with Crippen molar-refractivity contribution in [2.75, 3.05) is 0 Å². The third-order valence-corrected chi connectivity index (χ3v) is 1.80. The average molecular weight is 156 g/mol. The molecule has 1 heterocycles. The molecule has 1 aromatic heterocycles. The molecule has 2 nitrogen and oxygen atoms in total. The molecule has 0 saturated heterocycles. The van der Waals surface area contributed by atoms with E-state index < -0.39 is 0 Å². The van der Waals surface area contributed by atoms with Crippen molar-refractivity contribution in [3.8, 4) is 0 Å². The number of benzene rings is 1. The lowest BCUT2D eigenvalue weighted by molar-refractivity contribution is 1.32. The molecular weight excluding hydrogens is 148 g/mol. The molecule has 1 aromatic carbocycles. The molecule has 0 aliphatic heterocycles. The van der Waals surface area contributed by atoms with Gasteiger partial charge in [-0.25, -0.2) is 0 Å². The van der Waals surface area contributed by atoms with Gasteiger partial charge in [0.25, 0.3) is 0 Å². The Balaban J connectivity index is 2.75. The maximum atomic E-state index is 7.03. The predicted octanol–water partition coefficient (Wildman–Crippen LogP) is 2.23. The van der Waals surface area contributed by atoms with Crippen LogP contribution in [0.2, 0.25) is 0 Å². The van der Waals surface area contributed by atoms with Crippen molar-refractivity contribution in [1.82, 2.24) is 4.98 Å². The summed E-state index contributed by atoms with van der Waals surface area (Å²) in [5.41, 5.74) is 0.703. The number of fused-ring (bicyclic) bond motifs is 1. The van der Waals surface area contributed by atoms with Crippen LogP contribution < -0.4 is 0 Å². The van der Waals surface area contributed by atoms with Crippen molar-refractivity contribution < 1.29 is 0 Å². The predicted molar refractivity (Wildman–Crippen MR) is 49.6 cm³/mol. The Kier molecular flexibility index (Phi) is 1.59. The first-order chi connectivity index (χ1) is 5.90. The van der Waals surface area contributed by atoms with Gasteiger partial charge in [0.05, 0.1) is 5.69 Å². The number of nitrogens with zero attached hydrogens (tertiary/aromatic N) is 1. The van der Waals surface area contributed by atoms with Crippen molar-refractivity contribution in [3.63, 3.8) is 0 Å². The minimum atomic E-state index is 0.703. The van der Waals surface area contributed by atoms with Crippen LogP contribution in [-0.2, 0) is 0 Å². The Morgan fingerprint density at radius 3 is 2.67 bits per heavy atom. The second kappa shape index (κ2) is 2.74. The fourth-order valence-electron chi connectivity index (χ4n) is 1.18. The van der Waals surface area contributed by atoms with E-state index in [0.717, 1.165) is 10.8 Å². The van der Waals surface area contributed by atoms with E-state index >= 15 is 0 Å². The van der Waals surface area contributed by atoms with Gasteiger partial charge in [-0.2, -0.15) is 0 Å². The number of aromatic nitrogens is 1. The van der Waals surface area contributed by atoms with E-state index in [-0.39, 0.29) is 0 Å². The molecule has 12 heavy (non-hydrogen) atoms. The van der Waals surface area contributed by atoms with E-state index in [1.54, 1.807) is 6.20 Å². The first-order valence-electron chi connectivity index (χ1n) is 3.75. The topological polar surface area (TPSA) is 36.7 Å². The summed E-state index contributed by atoms with van der Waals surface area (Å²) in [7, 11) is 0. The maximum absolute atomic E-state index is 7.03. The minimum absolute atomic E-state index is 0.703. The van der Waals surface area contributed by atoms with E-state index in [9.17, 15) is 0 Å². The number of hydrogen-bond donors (Lipinski definition) is 1. The third kappa shape index (κ3) is 1.07. The Bertz CT molecular complexity index is 421. The average Bonchev–Trinajstić information content (AvgIpc) is 2.17. The summed E-state index contributed by atoms with van der Waals surface area (Å²) in [5.74, 6) is 0. The highest BCUT2D eigenvalue weighted by atomic mass is 14.7. The number of hydrogen-bond acceptors (Lipinski definition) is 2. The van der Waals surface area contributed by atoms with Crippen LogP contribution in [0.25, 0.3) is 10.8 Å². The Morgan fingerprint density at radius 1 is 1.17 bits per heavy atom. The summed E-state index contributed by atoms with van der Waals surface area (Å²) in [6.45, 7) is 0. The van der Waals surface area contributed by atoms with Crippen LogP contribution in [0.4, 0.5) is 0 Å². The molecular formula is C10H8N2. The lowest BCUT2D eigenvalue weighted by atomic mass is 10.1. The molecule has 0 bridgehead atoms. The summed E-state index contributed by atoms with van der Waals surface area (Å²) in [6.07, 6.45) is 3.04. The Labute approximate surface area is 70.4 Å². The first kappa shape index (κ1) is 6.98. The molecule has 0 saturated carbocycles. The van der Waals surface area contributed by atoms with Crippen LogP contribution in [0.5, 0.6) is 0 Å². The van der Waals surface area contributed by atoms with Gasteiger partial charge in [-0.05, 0) is 11.5 Å². The molecule has 0 aliphatic rings. The highest BCUT2D eigenvalue weighted by Gasteiger charge is 1.92. The molecule has 2 rings (SSSR count). The van der Waals surface area contributed by atoms with Crippen LogP contribution >= 0.6 is 0 Å². The molecule has 0 radical (unpaired) electrons. The largest absolute Gasteiger partial charge is 0.307 e. The minimum Gasteiger partial charge on any atom is -0.307 e. The van der Waals surface area contributed by atoms with Gasteiger partial charge >= 0.3 is 0 Å². The highest BCUT2D eigenvalue weighted by molar-refractivity contribution is 5.87. The lowest BCUT2D eigenvalue weighted by Gasteiger charge is -1.96. The molecule has 2 heteroatoms. The highest BCUT2D eigenvalue weighted by Crippen LogP contribution is 2.11. The zero-order chi connectivity index (χ0) is 8.39. The first-order valence-corrected chi connectivity index (χ1v) is 3.75. The fourth-order valence-corrected chi connectivity index (χ4v) is 1.18. The molecule has 0 atom stereocenters. The molecule has 1 N–H and O–H groups in total. The van der Waals surface area contributed by atoms with Gasteiger partial charge in [0.2, 0.25) is 0 Å². The summed E-state index contributed by atoms with van der Waals surface area (Å²) in [6, 6.07) is 9.90. The molecule has 58 valence electrons. The molecule has 0 amide bonds. The standard InChI is InChI=1S/C10H8N2/c11-6-10-5-8-3-1-2-4-9(8)7-12-10/h1-7,11H. The second-order valence-electron chi connectivity index (χ2n) is 2.60. The van der Waals surface area contributed by atoms with Gasteiger partial charge in [-0.15, -0.1) is 0 Å². The second-order valence-corrected chi connectivity index (χ2v) is 2.60. The molecule has 0 unspecified atom stereocenters. The quantitative estimate of drug-likeness (QED) is 0.631. The molecule has 0 spiro atoms. The van der Waals surface area contributed by atoms with Gasteiger partial charge in [0.15, 0.2) is 0 Å². The van der Waals surface area contributed by atoms with E-state index in [2.05, 4.69) is 4.98 Å². The number of pyridine rings is 1. The van der Waals surface area contributed by atoms with Gasteiger partial charge in [0.1, 0.15) is 0 Å².